The number of oxazole rings is 1. The standard InChI is InChI=1S/C13H14N4OS2/c1-3-11-15-16-13(17(11)2)20-8-12-14-7-9(18-12)10-5-4-6-19-10/h4-7H,3,8H2,1-2H3. The van der Waals surface area contributed by atoms with Crippen LogP contribution in [0.4, 0.5) is 0 Å². The number of aromatic nitrogens is 4. The summed E-state index contributed by atoms with van der Waals surface area (Å²) in [4.78, 5) is 5.40. The van der Waals surface area contributed by atoms with Crippen molar-refractivity contribution in [3.8, 4) is 10.6 Å². The van der Waals surface area contributed by atoms with Crippen LogP contribution < -0.4 is 0 Å². The predicted octanol–water partition coefficient (Wildman–Crippen LogP) is 3.39. The van der Waals surface area contributed by atoms with Gasteiger partial charge in [0.1, 0.15) is 5.82 Å². The molecule has 0 aliphatic heterocycles. The van der Waals surface area contributed by atoms with Crippen LogP contribution in [0.3, 0.4) is 0 Å². The fourth-order valence-corrected chi connectivity index (χ4v) is 3.27. The summed E-state index contributed by atoms with van der Waals surface area (Å²) in [5.74, 6) is 3.17. The Morgan fingerprint density at radius 1 is 1.40 bits per heavy atom. The molecule has 0 saturated heterocycles. The summed E-state index contributed by atoms with van der Waals surface area (Å²) in [7, 11) is 1.98. The van der Waals surface area contributed by atoms with Gasteiger partial charge in [-0.05, 0) is 11.4 Å². The molecule has 3 aromatic rings. The zero-order chi connectivity index (χ0) is 13.9. The van der Waals surface area contributed by atoms with Crippen LogP contribution in [-0.4, -0.2) is 19.7 Å². The molecule has 0 amide bonds. The molecule has 5 nitrogen and oxygen atoms in total. The topological polar surface area (TPSA) is 56.7 Å². The van der Waals surface area contributed by atoms with E-state index in [0.717, 1.165) is 28.0 Å². The van der Waals surface area contributed by atoms with Gasteiger partial charge in [0.05, 0.1) is 16.8 Å². The van der Waals surface area contributed by atoms with Crippen LogP contribution in [-0.2, 0) is 19.2 Å². The van der Waals surface area contributed by atoms with Gasteiger partial charge in [-0.1, -0.05) is 24.8 Å². The van der Waals surface area contributed by atoms with Gasteiger partial charge in [-0.3, -0.25) is 0 Å². The highest BCUT2D eigenvalue weighted by Gasteiger charge is 2.11. The maximum atomic E-state index is 5.74. The number of aryl methyl sites for hydroxylation is 1. The smallest absolute Gasteiger partial charge is 0.205 e. The van der Waals surface area contributed by atoms with E-state index < -0.39 is 0 Å². The molecule has 0 N–H and O–H groups in total. The van der Waals surface area contributed by atoms with Crippen molar-refractivity contribution in [1.29, 1.82) is 0 Å². The highest BCUT2D eigenvalue weighted by Crippen LogP contribution is 2.27. The molecule has 3 heterocycles. The first-order valence-electron chi connectivity index (χ1n) is 6.27. The van der Waals surface area contributed by atoms with Gasteiger partial charge >= 0.3 is 0 Å². The summed E-state index contributed by atoms with van der Waals surface area (Å²) in [6, 6.07) is 4.03. The summed E-state index contributed by atoms with van der Waals surface area (Å²) < 4.78 is 7.75. The summed E-state index contributed by atoms with van der Waals surface area (Å²) in [5.41, 5.74) is 0. The third kappa shape index (κ3) is 2.64. The molecule has 0 radical (unpaired) electrons. The van der Waals surface area contributed by atoms with Crippen molar-refractivity contribution < 1.29 is 4.42 Å². The van der Waals surface area contributed by atoms with Crippen molar-refractivity contribution in [2.24, 2.45) is 7.05 Å². The van der Waals surface area contributed by atoms with E-state index in [2.05, 4.69) is 22.1 Å². The van der Waals surface area contributed by atoms with E-state index in [1.54, 1.807) is 29.3 Å². The molecule has 3 rings (SSSR count). The molecule has 0 fully saturated rings. The third-order valence-electron chi connectivity index (χ3n) is 2.88. The average Bonchev–Trinajstić information content (AvgIpc) is 3.17. The minimum atomic E-state index is 0.654. The predicted molar refractivity (Wildman–Crippen MR) is 79.8 cm³/mol. The Morgan fingerprint density at radius 3 is 3.00 bits per heavy atom. The second kappa shape index (κ2) is 5.80. The zero-order valence-electron chi connectivity index (χ0n) is 11.2. The van der Waals surface area contributed by atoms with Crippen molar-refractivity contribution in [2.75, 3.05) is 0 Å². The minimum absolute atomic E-state index is 0.654. The SMILES string of the molecule is CCc1nnc(SCc2ncc(-c3cccs3)o2)n1C. The van der Waals surface area contributed by atoms with Crippen LogP contribution in [0.1, 0.15) is 18.6 Å². The van der Waals surface area contributed by atoms with Crippen molar-refractivity contribution in [3.05, 3.63) is 35.4 Å². The Morgan fingerprint density at radius 2 is 2.30 bits per heavy atom. The second-order valence-corrected chi connectivity index (χ2v) is 6.09. The number of thioether (sulfide) groups is 1. The van der Waals surface area contributed by atoms with Gasteiger partial charge in [-0.25, -0.2) is 4.98 Å². The summed E-state index contributed by atoms with van der Waals surface area (Å²) in [5, 5.41) is 11.2. The first-order valence-corrected chi connectivity index (χ1v) is 8.14. The van der Waals surface area contributed by atoms with Crippen LogP contribution >= 0.6 is 23.1 Å². The van der Waals surface area contributed by atoms with Crippen molar-refractivity contribution in [2.45, 2.75) is 24.3 Å². The molecule has 0 aromatic carbocycles. The van der Waals surface area contributed by atoms with E-state index in [-0.39, 0.29) is 0 Å². The molecule has 0 bridgehead atoms. The van der Waals surface area contributed by atoms with E-state index in [9.17, 15) is 0 Å². The molecular formula is C13H14N4OS2. The lowest BCUT2D eigenvalue weighted by Gasteiger charge is -2.00. The van der Waals surface area contributed by atoms with Crippen LogP contribution in [0.5, 0.6) is 0 Å². The summed E-state index contributed by atoms with van der Waals surface area (Å²) >= 11 is 3.23. The molecule has 0 saturated carbocycles. The monoisotopic (exact) mass is 306 g/mol. The van der Waals surface area contributed by atoms with E-state index in [1.165, 1.54) is 0 Å². The Bertz CT molecular complexity index is 687. The van der Waals surface area contributed by atoms with Crippen molar-refractivity contribution in [1.82, 2.24) is 19.7 Å². The van der Waals surface area contributed by atoms with Crippen LogP contribution in [0.2, 0.25) is 0 Å². The Kier molecular flexibility index (Phi) is 3.88. The van der Waals surface area contributed by atoms with Gasteiger partial charge in [0.2, 0.25) is 5.89 Å². The first kappa shape index (κ1) is 13.4. The Hall–Kier alpha value is -1.60. The fraction of sp³-hybridized carbons (Fsp3) is 0.308. The number of thiophene rings is 1. The molecular weight excluding hydrogens is 292 g/mol. The molecule has 0 aliphatic carbocycles. The third-order valence-corrected chi connectivity index (χ3v) is 4.77. The van der Waals surface area contributed by atoms with Crippen molar-refractivity contribution >= 4 is 23.1 Å². The van der Waals surface area contributed by atoms with Gasteiger partial charge < -0.3 is 8.98 Å². The first-order chi connectivity index (χ1) is 9.78. The van der Waals surface area contributed by atoms with E-state index >= 15 is 0 Å². The van der Waals surface area contributed by atoms with Crippen molar-refractivity contribution in [3.63, 3.8) is 0 Å². The molecule has 20 heavy (non-hydrogen) atoms. The van der Waals surface area contributed by atoms with E-state index in [1.807, 2.05) is 29.1 Å². The number of rotatable bonds is 5. The quantitative estimate of drug-likeness (QED) is 0.676. The van der Waals surface area contributed by atoms with E-state index in [0.29, 0.717) is 11.6 Å². The minimum Gasteiger partial charge on any atom is -0.439 e. The van der Waals surface area contributed by atoms with Crippen LogP contribution in [0.15, 0.2) is 33.3 Å². The zero-order valence-corrected chi connectivity index (χ0v) is 12.9. The van der Waals surface area contributed by atoms with Crippen LogP contribution in [0, 0.1) is 0 Å². The Balaban J connectivity index is 1.68. The largest absolute Gasteiger partial charge is 0.439 e. The van der Waals surface area contributed by atoms with Gasteiger partial charge in [-0.15, -0.1) is 21.5 Å². The highest BCUT2D eigenvalue weighted by molar-refractivity contribution is 7.98. The summed E-state index contributed by atoms with van der Waals surface area (Å²) in [6.07, 6.45) is 2.65. The molecule has 0 atom stereocenters. The van der Waals surface area contributed by atoms with Gasteiger partial charge in [0.15, 0.2) is 10.9 Å². The lowest BCUT2D eigenvalue weighted by molar-refractivity contribution is 0.530. The van der Waals surface area contributed by atoms with Crippen LogP contribution in [0.25, 0.3) is 10.6 Å². The summed E-state index contributed by atoms with van der Waals surface area (Å²) in [6.45, 7) is 2.07. The maximum Gasteiger partial charge on any atom is 0.205 e. The molecule has 104 valence electrons. The number of nitrogens with zero attached hydrogens (tertiary/aromatic N) is 4. The Labute approximate surface area is 125 Å². The maximum absolute atomic E-state index is 5.74. The molecule has 3 aromatic heterocycles. The van der Waals surface area contributed by atoms with Gasteiger partial charge in [0.25, 0.3) is 0 Å². The number of hydrogen-bond donors (Lipinski definition) is 0. The number of hydrogen-bond acceptors (Lipinski definition) is 6. The van der Waals surface area contributed by atoms with E-state index in [4.69, 9.17) is 4.42 Å². The lowest BCUT2D eigenvalue weighted by atomic mass is 10.4. The highest BCUT2D eigenvalue weighted by atomic mass is 32.2. The molecule has 0 unspecified atom stereocenters. The molecule has 7 heteroatoms. The lowest BCUT2D eigenvalue weighted by Crippen LogP contribution is -1.97. The normalized spacial score (nSPS) is 11.1. The average molecular weight is 306 g/mol. The molecule has 0 aliphatic rings. The second-order valence-electron chi connectivity index (χ2n) is 4.20. The molecule has 0 spiro atoms. The van der Waals surface area contributed by atoms with Gasteiger partial charge in [0, 0.05) is 13.5 Å². The van der Waals surface area contributed by atoms with Gasteiger partial charge in [-0.2, -0.15) is 0 Å². The fourth-order valence-electron chi connectivity index (χ4n) is 1.81.